The predicted molar refractivity (Wildman–Crippen MR) is 286 cm³/mol. The van der Waals surface area contributed by atoms with Gasteiger partial charge in [-0.2, -0.15) is 0 Å². The molecule has 70 heavy (non-hydrogen) atoms. The second-order valence-electron chi connectivity index (χ2n) is 25.3. The van der Waals surface area contributed by atoms with E-state index >= 15 is 4.79 Å². The van der Waals surface area contributed by atoms with Crippen LogP contribution in [0.5, 0.6) is 11.5 Å². The summed E-state index contributed by atoms with van der Waals surface area (Å²) in [7, 11) is 0. The van der Waals surface area contributed by atoms with Crippen molar-refractivity contribution in [3.05, 3.63) is 44.7 Å². The van der Waals surface area contributed by atoms with E-state index in [4.69, 9.17) is 14.2 Å². The van der Waals surface area contributed by atoms with Gasteiger partial charge in [0.05, 0.1) is 12.8 Å². The Hall–Kier alpha value is -3.29. The third-order valence-corrected chi connectivity index (χ3v) is 17.9. The van der Waals surface area contributed by atoms with Gasteiger partial charge in [-0.1, -0.05) is 145 Å². The molecule has 8 nitrogen and oxygen atoms in total. The minimum atomic E-state index is -1.72. The van der Waals surface area contributed by atoms with Crippen LogP contribution < -0.4 is 9.47 Å². The van der Waals surface area contributed by atoms with E-state index in [1.54, 1.807) is 6.92 Å². The molecular formula is C62H100O8. The Labute approximate surface area is 426 Å². The van der Waals surface area contributed by atoms with Crippen molar-refractivity contribution in [2.24, 2.45) is 41.4 Å². The number of benzene rings is 1. The molecule has 4 aliphatic rings. The largest absolute Gasteiger partial charge is 0.487 e. The molecule has 0 fully saturated rings. The number of carbonyl (C=O) groups excluding carboxylic acids is 1. The fourth-order valence-corrected chi connectivity index (χ4v) is 13.0. The molecule has 8 heteroatoms. The fourth-order valence-electron chi connectivity index (χ4n) is 13.0. The third-order valence-electron chi connectivity index (χ3n) is 17.9. The number of hydrogen-bond donors (Lipinski definition) is 2. The van der Waals surface area contributed by atoms with Gasteiger partial charge < -0.3 is 24.4 Å². The van der Waals surface area contributed by atoms with Gasteiger partial charge in [0.25, 0.3) is 0 Å². The summed E-state index contributed by atoms with van der Waals surface area (Å²) >= 11 is 0. The first kappa shape index (κ1) is 57.6. The van der Waals surface area contributed by atoms with Crippen LogP contribution in [0.4, 0.5) is 0 Å². The van der Waals surface area contributed by atoms with Crippen LogP contribution in [-0.4, -0.2) is 44.7 Å². The van der Waals surface area contributed by atoms with Crippen LogP contribution in [0, 0.1) is 55.3 Å². The number of rotatable bonds is 28. The Balaban J connectivity index is 1.36. The highest BCUT2D eigenvalue weighted by Gasteiger charge is 2.63. The maximum Gasteiger partial charge on any atom is 0.303 e. The van der Waals surface area contributed by atoms with Crippen LogP contribution >= 0.6 is 0 Å². The highest BCUT2D eigenvalue weighted by atomic mass is 16.5. The molecule has 0 saturated heterocycles. The van der Waals surface area contributed by atoms with Gasteiger partial charge in [-0.05, 0) is 145 Å². The normalized spacial score (nSPS) is 26.0. The van der Waals surface area contributed by atoms with E-state index in [1.165, 1.54) is 77.0 Å². The van der Waals surface area contributed by atoms with Crippen LogP contribution in [0.1, 0.15) is 259 Å². The van der Waals surface area contributed by atoms with Gasteiger partial charge in [0.15, 0.2) is 5.60 Å². The Morgan fingerprint density at radius 1 is 0.557 bits per heavy atom. The van der Waals surface area contributed by atoms with Crippen molar-refractivity contribution >= 4 is 17.7 Å². The van der Waals surface area contributed by atoms with Crippen molar-refractivity contribution in [2.45, 2.75) is 274 Å². The topological polar surface area (TPSA) is 119 Å². The fraction of sp³-hybridized carbons (Fsp3) is 0.790. The molecule has 1 aromatic carbocycles. The number of ketones is 1. The zero-order valence-corrected chi connectivity index (χ0v) is 46.9. The molecule has 0 saturated carbocycles. The highest BCUT2D eigenvalue weighted by Crippen LogP contribution is 2.61. The molecule has 9 atom stereocenters. The lowest BCUT2D eigenvalue weighted by Crippen LogP contribution is -2.61. The van der Waals surface area contributed by atoms with Crippen LogP contribution in [0.15, 0.2) is 22.5 Å². The zero-order chi connectivity index (χ0) is 51.7. The monoisotopic (exact) mass is 973 g/mol. The van der Waals surface area contributed by atoms with E-state index < -0.39 is 47.0 Å². The standard InChI is InChI=1S/C62H100O8/c1-39(2)21-15-23-41(5)25-17-27-43(7)29-19-33-60(13)35-31-49-55-50(37-53(63)64)52(38-54(65)66)62(70-58(55)46(10)45(9)56(49)68-60)51-32-36-61(14,69-57(51)47(11)48(12)59(62)67)34-20-30-44(8)28-18-26-42(6)24-16-22-40(3)4/h39-44,50,52H,15-38H2,1-14H3,(H,63,64)(H,65,66). The van der Waals surface area contributed by atoms with Crippen LogP contribution in [0.25, 0.3) is 0 Å². The summed E-state index contributed by atoms with van der Waals surface area (Å²) in [4.78, 5) is 41.4. The van der Waals surface area contributed by atoms with Gasteiger partial charge in [0.1, 0.15) is 28.5 Å². The summed E-state index contributed by atoms with van der Waals surface area (Å²) in [5.41, 5.74) is 2.68. The molecule has 2 N–H and O–H groups in total. The van der Waals surface area contributed by atoms with Crippen molar-refractivity contribution in [1.82, 2.24) is 0 Å². The predicted octanol–water partition coefficient (Wildman–Crippen LogP) is 16.8. The number of allylic oxidation sites excluding steroid dienone is 1. The first-order valence-corrected chi connectivity index (χ1v) is 28.5. The lowest BCUT2D eigenvalue weighted by molar-refractivity contribution is -0.149. The van der Waals surface area contributed by atoms with E-state index in [9.17, 15) is 19.8 Å². The molecule has 1 aromatic rings. The van der Waals surface area contributed by atoms with Gasteiger partial charge in [0, 0.05) is 34.1 Å². The van der Waals surface area contributed by atoms with Gasteiger partial charge >= 0.3 is 11.9 Å². The maximum absolute atomic E-state index is 15.2. The van der Waals surface area contributed by atoms with E-state index in [0.29, 0.717) is 59.3 Å². The van der Waals surface area contributed by atoms with Crippen molar-refractivity contribution in [2.75, 3.05) is 0 Å². The number of carbonyl (C=O) groups is 3. The molecule has 5 rings (SSSR count). The second kappa shape index (κ2) is 25.1. The molecular weight excluding hydrogens is 873 g/mol. The molecule has 3 heterocycles. The highest BCUT2D eigenvalue weighted by molar-refractivity contribution is 6.08. The molecule has 0 radical (unpaired) electrons. The minimum Gasteiger partial charge on any atom is -0.487 e. The SMILES string of the molecule is CC1=C(C)C2=C(CCC(C)(CCCC(C)CCCC(C)CCCC(C)C)O2)C2(Oc3c(C)c(C)c4c(c3C(CC(=O)O)C2CC(=O)O)CCC(C)(CCCC(C)CCCC(C)CCCC(C)C)O4)C1=O. The van der Waals surface area contributed by atoms with E-state index in [1.807, 2.05) is 20.8 Å². The number of aliphatic carboxylic acids is 2. The molecule has 1 aliphatic carbocycles. The number of ether oxygens (including phenoxy) is 3. The van der Waals surface area contributed by atoms with Crippen molar-refractivity contribution in [3.63, 3.8) is 0 Å². The smallest absolute Gasteiger partial charge is 0.303 e. The minimum absolute atomic E-state index is 0.282. The van der Waals surface area contributed by atoms with Crippen LogP contribution in [0.3, 0.4) is 0 Å². The van der Waals surface area contributed by atoms with E-state index in [-0.39, 0.29) is 12.2 Å². The second-order valence-corrected chi connectivity index (χ2v) is 25.3. The molecule has 3 aliphatic heterocycles. The van der Waals surface area contributed by atoms with Crippen LogP contribution in [-0.2, 0) is 25.5 Å². The summed E-state index contributed by atoms with van der Waals surface area (Å²) in [5.74, 6) is 2.13. The Morgan fingerprint density at radius 3 is 1.46 bits per heavy atom. The van der Waals surface area contributed by atoms with E-state index in [2.05, 4.69) is 69.2 Å². The van der Waals surface area contributed by atoms with Gasteiger partial charge in [-0.3, -0.25) is 14.4 Å². The van der Waals surface area contributed by atoms with Crippen molar-refractivity contribution in [3.8, 4) is 11.5 Å². The lowest BCUT2D eigenvalue weighted by Gasteiger charge is -2.54. The first-order valence-electron chi connectivity index (χ1n) is 28.5. The molecule has 0 amide bonds. The third kappa shape index (κ3) is 14.3. The number of hydrogen-bond acceptors (Lipinski definition) is 6. The number of carboxylic acids is 2. The quantitative estimate of drug-likeness (QED) is 0.0852. The summed E-state index contributed by atoms with van der Waals surface area (Å²) in [6.07, 6.45) is 23.6. The zero-order valence-electron chi connectivity index (χ0n) is 46.9. The molecule has 9 unspecified atom stereocenters. The molecule has 396 valence electrons. The molecule has 0 bridgehead atoms. The summed E-state index contributed by atoms with van der Waals surface area (Å²) < 4.78 is 21.5. The average Bonchev–Trinajstić information content (AvgIpc) is 3.27. The van der Waals surface area contributed by atoms with Crippen LogP contribution in [0.2, 0.25) is 0 Å². The number of fused-ring (bicyclic) bond motifs is 4. The number of carboxylic acid groups (broad SMARTS) is 2. The molecule has 1 spiro atoms. The van der Waals surface area contributed by atoms with Gasteiger partial charge in [-0.15, -0.1) is 0 Å². The summed E-state index contributed by atoms with van der Waals surface area (Å²) in [5, 5.41) is 21.4. The summed E-state index contributed by atoms with van der Waals surface area (Å²) in [6.45, 7) is 31.0. The van der Waals surface area contributed by atoms with Crippen molar-refractivity contribution in [1.29, 1.82) is 0 Å². The lowest BCUT2D eigenvalue weighted by atomic mass is 9.59. The summed E-state index contributed by atoms with van der Waals surface area (Å²) in [6, 6.07) is 0. The maximum atomic E-state index is 15.2. The van der Waals surface area contributed by atoms with Gasteiger partial charge in [0.2, 0.25) is 5.78 Å². The van der Waals surface area contributed by atoms with Gasteiger partial charge in [-0.25, -0.2) is 0 Å². The molecule has 0 aromatic heterocycles. The Bertz CT molecular complexity index is 2020. The number of Topliss-reactive ketones (excluding diaryl/α,β-unsaturated/α-hetero) is 1. The Kier molecular flexibility index (Phi) is 20.7. The first-order chi connectivity index (χ1) is 32.9. The van der Waals surface area contributed by atoms with Crippen molar-refractivity contribution < 1.29 is 38.8 Å². The average molecular weight is 973 g/mol. The van der Waals surface area contributed by atoms with E-state index in [0.717, 1.165) is 96.6 Å². The Morgan fingerprint density at radius 2 is 0.986 bits per heavy atom.